The molecule has 1 unspecified atom stereocenters. The van der Waals surface area contributed by atoms with Crippen LogP contribution in [0.25, 0.3) is 11.0 Å². The first-order chi connectivity index (χ1) is 13.0. The van der Waals surface area contributed by atoms with E-state index < -0.39 is 5.60 Å². The summed E-state index contributed by atoms with van der Waals surface area (Å²) in [6, 6.07) is 12.9. The Hall–Kier alpha value is -2.06. The van der Waals surface area contributed by atoms with Crippen LogP contribution in [0.3, 0.4) is 0 Å². The summed E-state index contributed by atoms with van der Waals surface area (Å²) in [5.41, 5.74) is 1.11. The predicted molar refractivity (Wildman–Crippen MR) is 107 cm³/mol. The summed E-state index contributed by atoms with van der Waals surface area (Å²) in [4.78, 5) is 11.7. The number of benzene rings is 2. The number of halogens is 2. The fourth-order valence-electron chi connectivity index (χ4n) is 2.84. The SMILES string of the molecule is OC(CSc1nc2ccccc2[nH]1)(Cn1cncn1)c1ccc(Cl)cc1Cl. The van der Waals surface area contributed by atoms with E-state index in [-0.39, 0.29) is 6.54 Å². The zero-order valence-corrected chi connectivity index (χ0v) is 16.3. The minimum atomic E-state index is -1.29. The van der Waals surface area contributed by atoms with Crippen molar-refractivity contribution in [1.29, 1.82) is 0 Å². The predicted octanol–water partition coefficient (Wildman–Crippen LogP) is 4.14. The van der Waals surface area contributed by atoms with Gasteiger partial charge in [0, 0.05) is 21.4 Å². The smallest absolute Gasteiger partial charge is 0.166 e. The fourth-order valence-corrected chi connectivity index (χ4v) is 4.40. The molecule has 0 amide bonds. The number of para-hydroxylation sites is 2. The van der Waals surface area contributed by atoms with Crippen molar-refractivity contribution in [3.63, 3.8) is 0 Å². The lowest BCUT2D eigenvalue weighted by atomic mass is 9.95. The molecule has 4 rings (SSSR count). The third-order valence-electron chi connectivity index (χ3n) is 4.14. The molecule has 0 spiro atoms. The maximum Gasteiger partial charge on any atom is 0.166 e. The Morgan fingerprint density at radius 2 is 2.04 bits per heavy atom. The Labute approximate surface area is 169 Å². The van der Waals surface area contributed by atoms with E-state index in [0.717, 1.165) is 16.2 Å². The topological polar surface area (TPSA) is 79.6 Å². The Morgan fingerprint density at radius 3 is 2.78 bits per heavy atom. The van der Waals surface area contributed by atoms with Crippen molar-refractivity contribution >= 4 is 46.0 Å². The van der Waals surface area contributed by atoms with Crippen molar-refractivity contribution in [2.24, 2.45) is 0 Å². The van der Waals surface area contributed by atoms with E-state index in [2.05, 4.69) is 20.1 Å². The first-order valence-electron chi connectivity index (χ1n) is 8.11. The summed E-state index contributed by atoms with van der Waals surface area (Å²) in [6.45, 7) is 0.196. The van der Waals surface area contributed by atoms with E-state index >= 15 is 0 Å². The number of aromatic amines is 1. The zero-order chi connectivity index (χ0) is 18.9. The third kappa shape index (κ3) is 3.96. The number of aliphatic hydroxyl groups is 1. The van der Waals surface area contributed by atoms with Crippen LogP contribution in [-0.2, 0) is 12.1 Å². The fraction of sp³-hybridized carbons (Fsp3) is 0.167. The van der Waals surface area contributed by atoms with Crippen LogP contribution in [0.1, 0.15) is 5.56 Å². The molecule has 2 aromatic heterocycles. The van der Waals surface area contributed by atoms with Gasteiger partial charge in [0.15, 0.2) is 5.16 Å². The number of imidazole rings is 1. The lowest BCUT2D eigenvalue weighted by molar-refractivity contribution is 0.0397. The Morgan fingerprint density at radius 1 is 1.19 bits per heavy atom. The maximum absolute atomic E-state index is 11.5. The van der Waals surface area contributed by atoms with E-state index in [9.17, 15) is 5.11 Å². The van der Waals surface area contributed by atoms with Crippen LogP contribution >= 0.6 is 35.0 Å². The van der Waals surface area contributed by atoms with Gasteiger partial charge in [0.05, 0.1) is 17.6 Å². The van der Waals surface area contributed by atoms with Gasteiger partial charge in [-0.25, -0.2) is 14.6 Å². The molecule has 0 radical (unpaired) electrons. The van der Waals surface area contributed by atoms with Gasteiger partial charge >= 0.3 is 0 Å². The highest BCUT2D eigenvalue weighted by Gasteiger charge is 2.33. The van der Waals surface area contributed by atoms with E-state index in [1.807, 2.05) is 24.3 Å². The lowest BCUT2D eigenvalue weighted by Gasteiger charge is -2.28. The van der Waals surface area contributed by atoms with E-state index in [0.29, 0.717) is 21.4 Å². The number of aromatic nitrogens is 5. The number of fused-ring (bicyclic) bond motifs is 1. The van der Waals surface area contributed by atoms with E-state index in [4.69, 9.17) is 23.2 Å². The summed E-state index contributed by atoms with van der Waals surface area (Å²) in [7, 11) is 0. The van der Waals surface area contributed by atoms with Crippen molar-refractivity contribution in [3.05, 3.63) is 70.7 Å². The number of rotatable bonds is 6. The van der Waals surface area contributed by atoms with Crippen molar-refractivity contribution in [1.82, 2.24) is 24.7 Å². The molecule has 0 fully saturated rings. The van der Waals surface area contributed by atoms with Crippen LogP contribution in [0.5, 0.6) is 0 Å². The average molecular weight is 420 g/mol. The molecule has 138 valence electrons. The largest absolute Gasteiger partial charge is 0.382 e. The molecule has 0 saturated carbocycles. The number of thioether (sulfide) groups is 1. The third-order valence-corrected chi connectivity index (χ3v) is 5.77. The van der Waals surface area contributed by atoms with Gasteiger partial charge in [-0.1, -0.05) is 53.2 Å². The molecule has 4 aromatic rings. The van der Waals surface area contributed by atoms with Gasteiger partial charge in [0.25, 0.3) is 0 Å². The van der Waals surface area contributed by atoms with Crippen molar-refractivity contribution in [3.8, 4) is 0 Å². The van der Waals surface area contributed by atoms with Crippen LogP contribution in [0.2, 0.25) is 10.0 Å². The summed E-state index contributed by atoms with van der Waals surface area (Å²) in [5.74, 6) is 0.314. The monoisotopic (exact) mass is 419 g/mol. The minimum absolute atomic E-state index is 0.196. The van der Waals surface area contributed by atoms with Gasteiger partial charge in [0.2, 0.25) is 0 Å². The summed E-state index contributed by atoms with van der Waals surface area (Å²) in [6.07, 6.45) is 2.98. The Kier molecular flexibility index (Phi) is 5.10. The van der Waals surface area contributed by atoms with Gasteiger partial charge in [0.1, 0.15) is 18.3 Å². The number of hydrogen-bond acceptors (Lipinski definition) is 5. The maximum atomic E-state index is 11.5. The molecule has 27 heavy (non-hydrogen) atoms. The molecule has 0 bridgehead atoms. The molecule has 0 aliphatic rings. The number of H-pyrrole nitrogens is 1. The molecule has 2 heterocycles. The lowest BCUT2D eigenvalue weighted by Crippen LogP contribution is -2.35. The van der Waals surface area contributed by atoms with Crippen molar-refractivity contribution in [2.45, 2.75) is 17.3 Å². The molecule has 0 saturated heterocycles. The van der Waals surface area contributed by atoms with Crippen LogP contribution in [0.4, 0.5) is 0 Å². The molecule has 0 aliphatic heterocycles. The first kappa shape index (κ1) is 18.3. The average Bonchev–Trinajstić information content (AvgIpc) is 3.28. The zero-order valence-electron chi connectivity index (χ0n) is 14.0. The highest BCUT2D eigenvalue weighted by Crippen LogP contribution is 2.36. The summed E-state index contributed by atoms with van der Waals surface area (Å²) < 4.78 is 1.57. The normalized spacial score (nSPS) is 13.7. The molecule has 1 atom stereocenters. The number of hydrogen-bond donors (Lipinski definition) is 2. The number of nitrogens with one attached hydrogen (secondary N) is 1. The Bertz CT molecular complexity index is 1040. The van der Waals surface area contributed by atoms with Crippen LogP contribution in [0.15, 0.2) is 60.3 Å². The molecule has 6 nitrogen and oxygen atoms in total. The second kappa shape index (κ2) is 7.52. The molecule has 9 heteroatoms. The van der Waals surface area contributed by atoms with Gasteiger partial charge in [-0.2, -0.15) is 5.10 Å². The molecular formula is C18H15Cl2N5OS. The van der Waals surface area contributed by atoms with Crippen LogP contribution in [0, 0.1) is 0 Å². The second-order valence-corrected chi connectivity index (χ2v) is 7.90. The molecule has 2 aromatic carbocycles. The molecule has 2 N–H and O–H groups in total. The summed E-state index contributed by atoms with van der Waals surface area (Å²) in [5, 5.41) is 17.2. The standard InChI is InChI=1S/C18H15Cl2N5OS/c19-12-5-6-13(14(20)7-12)18(26,8-25-11-21-10-22-25)9-27-17-23-15-3-1-2-4-16(15)24-17/h1-7,10-11,26H,8-9H2,(H,23,24). The van der Waals surface area contributed by atoms with Gasteiger partial charge in [-0.3, -0.25) is 0 Å². The van der Waals surface area contributed by atoms with Crippen LogP contribution < -0.4 is 0 Å². The van der Waals surface area contributed by atoms with Gasteiger partial charge < -0.3 is 10.1 Å². The van der Waals surface area contributed by atoms with E-state index in [1.165, 1.54) is 18.1 Å². The van der Waals surface area contributed by atoms with Gasteiger partial charge in [-0.15, -0.1) is 0 Å². The van der Waals surface area contributed by atoms with Crippen molar-refractivity contribution in [2.75, 3.05) is 5.75 Å². The van der Waals surface area contributed by atoms with E-state index in [1.54, 1.807) is 29.2 Å². The highest BCUT2D eigenvalue weighted by molar-refractivity contribution is 7.99. The molecular weight excluding hydrogens is 405 g/mol. The number of nitrogens with zero attached hydrogens (tertiary/aromatic N) is 4. The van der Waals surface area contributed by atoms with Crippen LogP contribution in [-0.4, -0.2) is 35.6 Å². The second-order valence-electron chi connectivity index (χ2n) is 6.10. The minimum Gasteiger partial charge on any atom is -0.382 e. The Balaban J connectivity index is 1.64. The highest BCUT2D eigenvalue weighted by atomic mass is 35.5. The first-order valence-corrected chi connectivity index (χ1v) is 9.85. The van der Waals surface area contributed by atoms with Crippen molar-refractivity contribution < 1.29 is 5.11 Å². The van der Waals surface area contributed by atoms with Gasteiger partial charge in [-0.05, 0) is 24.3 Å². The molecule has 0 aliphatic carbocycles. The quantitative estimate of drug-likeness (QED) is 0.459. The summed E-state index contributed by atoms with van der Waals surface area (Å²) >= 11 is 13.8.